The molecule has 0 radical (unpaired) electrons. The van der Waals surface area contributed by atoms with Crippen molar-refractivity contribution in [3.63, 3.8) is 0 Å². The van der Waals surface area contributed by atoms with Crippen LogP contribution >= 0.6 is 0 Å². The second-order valence-electron chi connectivity index (χ2n) is 8.03. The van der Waals surface area contributed by atoms with Gasteiger partial charge in [-0.1, -0.05) is 30.3 Å². The summed E-state index contributed by atoms with van der Waals surface area (Å²) in [6.07, 6.45) is 2.40. The second-order valence-corrected chi connectivity index (χ2v) is 8.03. The number of aromatic amines is 1. The lowest BCUT2D eigenvalue weighted by atomic mass is 10.0. The highest BCUT2D eigenvalue weighted by atomic mass is 16.5. The highest BCUT2D eigenvalue weighted by molar-refractivity contribution is 5.75. The van der Waals surface area contributed by atoms with E-state index in [0.29, 0.717) is 31.5 Å². The summed E-state index contributed by atoms with van der Waals surface area (Å²) in [5, 5.41) is 22.5. The Morgan fingerprint density at radius 3 is 2.81 bits per heavy atom. The molecule has 1 atom stereocenters. The van der Waals surface area contributed by atoms with Crippen molar-refractivity contribution in [1.29, 1.82) is 0 Å². The first-order valence-electron chi connectivity index (χ1n) is 10.7. The van der Waals surface area contributed by atoms with Crippen LogP contribution in [0.15, 0.2) is 36.4 Å². The van der Waals surface area contributed by atoms with E-state index in [1.54, 1.807) is 4.68 Å². The Balaban J connectivity index is 1.28. The number of hydrogen-bond donors (Lipinski definition) is 2. The molecule has 31 heavy (non-hydrogen) atoms. The Morgan fingerprint density at radius 2 is 2.03 bits per heavy atom. The third-order valence-corrected chi connectivity index (χ3v) is 5.75. The fraction of sp³-hybridized carbons (Fsp3) is 0.476. The summed E-state index contributed by atoms with van der Waals surface area (Å²) in [5.74, 6) is 1.09. The van der Waals surface area contributed by atoms with E-state index in [2.05, 4.69) is 48.1 Å². The first-order valence-corrected chi connectivity index (χ1v) is 10.7. The van der Waals surface area contributed by atoms with E-state index in [0.717, 1.165) is 30.0 Å². The van der Waals surface area contributed by atoms with Crippen molar-refractivity contribution in [2.45, 2.75) is 37.9 Å². The Hall–Kier alpha value is -3.11. The van der Waals surface area contributed by atoms with E-state index in [1.807, 2.05) is 24.3 Å². The number of rotatable bonds is 8. The van der Waals surface area contributed by atoms with Gasteiger partial charge in [0.1, 0.15) is 6.54 Å². The minimum Gasteiger partial charge on any atom is -0.379 e. The molecule has 3 aromatic rings. The number of carbonyl (C=O) groups is 1. The summed E-state index contributed by atoms with van der Waals surface area (Å²) >= 11 is 0. The summed E-state index contributed by atoms with van der Waals surface area (Å²) in [5.41, 5.74) is 3.08. The van der Waals surface area contributed by atoms with Crippen molar-refractivity contribution < 1.29 is 9.53 Å². The number of nitrogens with one attached hydrogen (secondary N) is 2. The van der Waals surface area contributed by atoms with Crippen LogP contribution in [0.5, 0.6) is 0 Å². The Bertz CT molecular complexity index is 1010. The minimum atomic E-state index is -0.148. The summed E-state index contributed by atoms with van der Waals surface area (Å²) in [4.78, 5) is 14.9. The van der Waals surface area contributed by atoms with Gasteiger partial charge in [-0.25, -0.2) is 4.68 Å². The molecule has 10 nitrogen and oxygen atoms in total. The Morgan fingerprint density at radius 1 is 1.23 bits per heavy atom. The summed E-state index contributed by atoms with van der Waals surface area (Å²) in [7, 11) is 0. The van der Waals surface area contributed by atoms with Crippen LogP contribution in [0.2, 0.25) is 0 Å². The molecular formula is C21H26N8O2. The average Bonchev–Trinajstić information content (AvgIpc) is 3.39. The van der Waals surface area contributed by atoms with Crippen LogP contribution < -0.4 is 5.32 Å². The Kier molecular flexibility index (Phi) is 5.72. The zero-order valence-corrected chi connectivity index (χ0v) is 17.3. The smallest absolute Gasteiger partial charge is 0.242 e. The van der Waals surface area contributed by atoms with Gasteiger partial charge in [0.25, 0.3) is 0 Å². The van der Waals surface area contributed by atoms with E-state index in [4.69, 9.17) is 4.74 Å². The highest BCUT2D eigenvalue weighted by Gasteiger charge is 2.30. The normalized spacial score (nSPS) is 18.1. The fourth-order valence-electron chi connectivity index (χ4n) is 3.96. The fourth-order valence-corrected chi connectivity index (χ4v) is 3.96. The number of nitrogens with zero attached hydrogens (tertiary/aromatic N) is 6. The molecule has 1 saturated carbocycles. The minimum absolute atomic E-state index is 0.0552. The quantitative estimate of drug-likeness (QED) is 0.557. The lowest BCUT2D eigenvalue weighted by Crippen LogP contribution is -2.41. The van der Waals surface area contributed by atoms with Gasteiger partial charge >= 0.3 is 0 Å². The molecule has 1 aliphatic heterocycles. The molecule has 1 aliphatic carbocycles. The largest absolute Gasteiger partial charge is 0.379 e. The SMILES string of the molecule is O=C(Cn1nnnc1[C@@H](c1ccccc1)N1CCOCC1)NCc1cc(C2CC2)n[nH]1. The van der Waals surface area contributed by atoms with E-state index < -0.39 is 0 Å². The van der Waals surface area contributed by atoms with Gasteiger partial charge < -0.3 is 10.1 Å². The predicted octanol–water partition coefficient (Wildman–Crippen LogP) is 1.01. The van der Waals surface area contributed by atoms with Crippen LogP contribution in [0, 0.1) is 0 Å². The average molecular weight is 422 g/mol. The molecule has 3 heterocycles. The van der Waals surface area contributed by atoms with Gasteiger partial charge in [-0.2, -0.15) is 5.10 Å². The van der Waals surface area contributed by atoms with Crippen LogP contribution in [0.25, 0.3) is 0 Å². The zero-order valence-electron chi connectivity index (χ0n) is 17.3. The lowest BCUT2D eigenvalue weighted by molar-refractivity contribution is -0.122. The van der Waals surface area contributed by atoms with Gasteiger partial charge in [-0.15, -0.1) is 5.10 Å². The van der Waals surface area contributed by atoms with Gasteiger partial charge in [0.15, 0.2) is 5.82 Å². The number of hydrogen-bond acceptors (Lipinski definition) is 7. The zero-order chi connectivity index (χ0) is 21.0. The van der Waals surface area contributed by atoms with Crippen LogP contribution in [0.3, 0.4) is 0 Å². The number of carbonyl (C=O) groups excluding carboxylic acids is 1. The van der Waals surface area contributed by atoms with Crippen LogP contribution in [-0.2, 0) is 22.6 Å². The van der Waals surface area contributed by atoms with Crippen molar-refractivity contribution >= 4 is 5.91 Å². The van der Waals surface area contributed by atoms with E-state index in [1.165, 1.54) is 12.8 Å². The molecule has 1 saturated heterocycles. The molecule has 1 amide bonds. The van der Waals surface area contributed by atoms with Crippen molar-refractivity contribution in [3.8, 4) is 0 Å². The van der Waals surface area contributed by atoms with Crippen molar-refractivity contribution in [2.75, 3.05) is 26.3 Å². The number of H-pyrrole nitrogens is 1. The van der Waals surface area contributed by atoms with Crippen molar-refractivity contribution in [3.05, 3.63) is 59.2 Å². The van der Waals surface area contributed by atoms with Gasteiger partial charge in [-0.3, -0.25) is 14.8 Å². The summed E-state index contributed by atoms with van der Waals surface area (Å²) < 4.78 is 7.11. The molecule has 2 aliphatic rings. The molecule has 2 fully saturated rings. The molecule has 162 valence electrons. The highest BCUT2D eigenvalue weighted by Crippen LogP contribution is 2.39. The van der Waals surface area contributed by atoms with Crippen LogP contribution in [-0.4, -0.2) is 67.5 Å². The predicted molar refractivity (Wildman–Crippen MR) is 111 cm³/mol. The number of benzene rings is 1. The molecule has 0 spiro atoms. The molecular weight excluding hydrogens is 396 g/mol. The molecule has 1 aromatic carbocycles. The van der Waals surface area contributed by atoms with Crippen molar-refractivity contribution in [2.24, 2.45) is 0 Å². The Labute approximate surface area is 180 Å². The molecule has 2 N–H and O–H groups in total. The van der Waals surface area contributed by atoms with Gasteiger partial charge in [-0.05, 0) is 34.9 Å². The molecule has 2 aromatic heterocycles. The number of tetrazole rings is 1. The van der Waals surface area contributed by atoms with Crippen molar-refractivity contribution in [1.82, 2.24) is 40.6 Å². The standard InChI is InChI=1S/C21H26N8O2/c30-19(22-13-17-12-18(24-23-17)15-6-7-15)14-29-21(25-26-27-29)20(16-4-2-1-3-5-16)28-8-10-31-11-9-28/h1-5,12,15,20H,6-11,13-14H2,(H,22,30)(H,23,24)/t20-/m1/s1. The molecule has 5 rings (SSSR count). The number of aromatic nitrogens is 6. The number of amides is 1. The first-order chi connectivity index (χ1) is 15.3. The molecule has 0 unspecified atom stereocenters. The first kappa shape index (κ1) is 19.8. The van der Waals surface area contributed by atoms with Crippen LogP contribution in [0.4, 0.5) is 0 Å². The monoisotopic (exact) mass is 422 g/mol. The lowest BCUT2D eigenvalue weighted by Gasteiger charge is -2.33. The van der Waals surface area contributed by atoms with E-state index >= 15 is 0 Å². The molecule has 0 bridgehead atoms. The maximum absolute atomic E-state index is 12.6. The van der Waals surface area contributed by atoms with Gasteiger partial charge in [0, 0.05) is 19.0 Å². The summed E-state index contributed by atoms with van der Waals surface area (Å²) in [6.45, 7) is 3.35. The van der Waals surface area contributed by atoms with E-state index in [9.17, 15) is 4.79 Å². The molecule has 10 heteroatoms. The third-order valence-electron chi connectivity index (χ3n) is 5.75. The topological polar surface area (TPSA) is 114 Å². The maximum atomic E-state index is 12.6. The number of morpholine rings is 1. The second kappa shape index (κ2) is 8.94. The van der Waals surface area contributed by atoms with Gasteiger partial charge in [0.2, 0.25) is 5.91 Å². The summed E-state index contributed by atoms with van der Waals surface area (Å²) in [6, 6.07) is 12.0. The van der Waals surface area contributed by atoms with Crippen LogP contribution in [0.1, 0.15) is 47.6 Å². The maximum Gasteiger partial charge on any atom is 0.242 e. The number of ether oxygens (including phenoxy) is 1. The van der Waals surface area contributed by atoms with Gasteiger partial charge in [0.05, 0.1) is 37.2 Å². The van der Waals surface area contributed by atoms with E-state index in [-0.39, 0.29) is 18.5 Å². The third kappa shape index (κ3) is 4.64.